The Morgan fingerprint density at radius 3 is 2.66 bits per heavy atom. The smallest absolute Gasteiger partial charge is 0.306 e. The van der Waals surface area contributed by atoms with Crippen molar-refractivity contribution >= 4 is 23.8 Å². The first-order valence-electron chi connectivity index (χ1n) is 11.6. The minimum atomic E-state index is -0.159. The maximum atomic E-state index is 12.8. The molecule has 168 valence electrons. The summed E-state index contributed by atoms with van der Waals surface area (Å²) in [5.74, 6) is -0.164. The van der Waals surface area contributed by atoms with E-state index in [0.29, 0.717) is 18.6 Å². The zero-order chi connectivity index (χ0) is 22.3. The fourth-order valence-electron chi connectivity index (χ4n) is 4.50. The molecular formula is C26H31N3O3. The lowest BCUT2D eigenvalue weighted by atomic mass is 9.81. The second kappa shape index (κ2) is 10.4. The highest BCUT2D eigenvalue weighted by Crippen LogP contribution is 2.36. The normalized spacial score (nSPS) is 17.9. The first-order valence-corrected chi connectivity index (χ1v) is 11.6. The molecule has 1 saturated heterocycles. The molecule has 1 fully saturated rings. The SMILES string of the molecule is CCOC(=O)CC1CCCc2ccc(NC(=O)c3ccc(C=NN4CCCC4)cc3)cc21. The first-order chi connectivity index (χ1) is 15.6. The molecule has 1 aliphatic heterocycles. The van der Waals surface area contributed by atoms with Gasteiger partial charge in [0.15, 0.2) is 0 Å². The van der Waals surface area contributed by atoms with Crippen LogP contribution in [0, 0.1) is 0 Å². The van der Waals surface area contributed by atoms with Gasteiger partial charge in [0, 0.05) is 24.3 Å². The van der Waals surface area contributed by atoms with E-state index in [4.69, 9.17) is 4.74 Å². The Kier molecular flexibility index (Phi) is 7.20. The zero-order valence-electron chi connectivity index (χ0n) is 18.7. The van der Waals surface area contributed by atoms with Crippen molar-refractivity contribution in [3.05, 3.63) is 64.7 Å². The molecule has 6 heteroatoms. The van der Waals surface area contributed by atoms with E-state index in [-0.39, 0.29) is 17.8 Å². The highest BCUT2D eigenvalue weighted by Gasteiger charge is 2.24. The number of carbonyl (C=O) groups excluding carboxylic acids is 2. The van der Waals surface area contributed by atoms with Crippen molar-refractivity contribution in [2.45, 2.75) is 51.4 Å². The van der Waals surface area contributed by atoms with E-state index < -0.39 is 0 Å². The molecule has 1 unspecified atom stereocenters. The molecule has 0 aromatic heterocycles. The van der Waals surface area contributed by atoms with Crippen molar-refractivity contribution in [3.63, 3.8) is 0 Å². The van der Waals surface area contributed by atoms with Crippen molar-refractivity contribution in [2.24, 2.45) is 5.10 Å². The fraction of sp³-hybridized carbons (Fsp3) is 0.423. The van der Waals surface area contributed by atoms with Crippen molar-refractivity contribution in [2.75, 3.05) is 25.0 Å². The molecule has 1 N–H and O–H groups in total. The first kappa shape index (κ1) is 22.1. The topological polar surface area (TPSA) is 71.0 Å². The van der Waals surface area contributed by atoms with Gasteiger partial charge >= 0.3 is 5.97 Å². The van der Waals surface area contributed by atoms with E-state index in [1.807, 2.05) is 49.5 Å². The molecule has 4 rings (SSSR count). The van der Waals surface area contributed by atoms with Crippen LogP contribution in [0.1, 0.15) is 72.0 Å². The second-order valence-electron chi connectivity index (χ2n) is 8.49. The highest BCUT2D eigenvalue weighted by atomic mass is 16.5. The third-order valence-electron chi connectivity index (χ3n) is 6.19. The summed E-state index contributed by atoms with van der Waals surface area (Å²) in [6.45, 7) is 4.25. The van der Waals surface area contributed by atoms with Crippen molar-refractivity contribution in [1.82, 2.24) is 5.01 Å². The molecule has 1 atom stereocenters. The van der Waals surface area contributed by atoms with E-state index >= 15 is 0 Å². The van der Waals surface area contributed by atoms with E-state index in [1.165, 1.54) is 18.4 Å². The van der Waals surface area contributed by atoms with E-state index in [9.17, 15) is 9.59 Å². The minimum Gasteiger partial charge on any atom is -0.466 e. The molecule has 32 heavy (non-hydrogen) atoms. The monoisotopic (exact) mass is 433 g/mol. The van der Waals surface area contributed by atoms with Crippen LogP contribution >= 0.6 is 0 Å². The molecule has 1 heterocycles. The number of hydrazone groups is 1. The van der Waals surface area contributed by atoms with Gasteiger partial charge in [0.2, 0.25) is 0 Å². The number of ether oxygens (including phenoxy) is 1. The third-order valence-corrected chi connectivity index (χ3v) is 6.19. The van der Waals surface area contributed by atoms with Gasteiger partial charge < -0.3 is 10.1 Å². The van der Waals surface area contributed by atoms with Crippen LogP contribution in [-0.4, -0.2) is 42.8 Å². The van der Waals surface area contributed by atoms with Crippen LogP contribution in [-0.2, 0) is 16.0 Å². The standard InChI is InChI=1S/C26H31N3O3/c1-2-32-25(30)16-22-7-5-6-20-12-13-23(17-24(20)22)28-26(31)21-10-8-19(9-11-21)18-27-29-14-3-4-15-29/h8-13,17-18,22H,2-7,14-16H2,1H3,(H,28,31). The summed E-state index contributed by atoms with van der Waals surface area (Å²) in [6, 6.07) is 13.5. The number of anilines is 1. The number of rotatable bonds is 7. The Morgan fingerprint density at radius 2 is 1.91 bits per heavy atom. The Hall–Kier alpha value is -3.15. The fourth-order valence-corrected chi connectivity index (χ4v) is 4.50. The summed E-state index contributed by atoms with van der Waals surface area (Å²) in [4.78, 5) is 24.8. The number of nitrogens with one attached hydrogen (secondary N) is 1. The van der Waals surface area contributed by atoms with Crippen molar-refractivity contribution in [3.8, 4) is 0 Å². The number of nitrogens with zero attached hydrogens (tertiary/aromatic N) is 2. The Morgan fingerprint density at radius 1 is 1.12 bits per heavy atom. The average molecular weight is 434 g/mol. The molecule has 0 saturated carbocycles. The number of carbonyl (C=O) groups is 2. The highest BCUT2D eigenvalue weighted by molar-refractivity contribution is 6.04. The van der Waals surface area contributed by atoms with Crippen LogP contribution in [0.4, 0.5) is 5.69 Å². The molecule has 0 bridgehead atoms. The number of aryl methyl sites for hydroxylation is 1. The summed E-state index contributed by atoms with van der Waals surface area (Å²) >= 11 is 0. The Bertz CT molecular complexity index is 978. The van der Waals surface area contributed by atoms with Gasteiger partial charge in [-0.3, -0.25) is 14.6 Å². The second-order valence-corrected chi connectivity index (χ2v) is 8.49. The van der Waals surface area contributed by atoms with Gasteiger partial charge in [-0.15, -0.1) is 0 Å². The van der Waals surface area contributed by atoms with Gasteiger partial charge in [-0.1, -0.05) is 18.2 Å². The Labute approximate surface area is 189 Å². The number of amides is 1. The molecule has 0 radical (unpaired) electrons. The average Bonchev–Trinajstić information content (AvgIpc) is 3.32. The number of fused-ring (bicyclic) bond motifs is 1. The molecule has 2 aromatic carbocycles. The van der Waals surface area contributed by atoms with E-state index in [1.54, 1.807) is 0 Å². The predicted octanol–water partition coefficient (Wildman–Crippen LogP) is 4.74. The van der Waals surface area contributed by atoms with Gasteiger partial charge in [0.25, 0.3) is 5.91 Å². The molecule has 2 aliphatic rings. The quantitative estimate of drug-likeness (QED) is 0.506. The number of esters is 1. The summed E-state index contributed by atoms with van der Waals surface area (Å²) in [5, 5.41) is 9.57. The number of benzene rings is 2. The summed E-state index contributed by atoms with van der Waals surface area (Å²) in [7, 11) is 0. The van der Waals surface area contributed by atoms with Gasteiger partial charge in [-0.05, 0) is 85.9 Å². The summed E-state index contributed by atoms with van der Waals surface area (Å²) < 4.78 is 5.15. The lowest BCUT2D eigenvalue weighted by molar-refractivity contribution is -0.143. The third kappa shape index (κ3) is 5.55. The van der Waals surface area contributed by atoms with Crippen molar-refractivity contribution < 1.29 is 14.3 Å². The Balaban J connectivity index is 1.41. The lowest BCUT2D eigenvalue weighted by Gasteiger charge is -2.25. The van der Waals surface area contributed by atoms with Crippen LogP contribution in [0.15, 0.2) is 47.6 Å². The van der Waals surface area contributed by atoms with Crippen LogP contribution < -0.4 is 5.32 Å². The van der Waals surface area contributed by atoms with Gasteiger partial charge in [-0.2, -0.15) is 5.10 Å². The summed E-state index contributed by atoms with van der Waals surface area (Å²) in [6.07, 6.45) is 7.66. The van der Waals surface area contributed by atoms with E-state index in [2.05, 4.69) is 21.5 Å². The number of hydrogen-bond donors (Lipinski definition) is 1. The molecule has 0 spiro atoms. The minimum absolute atomic E-state index is 0.142. The van der Waals surface area contributed by atoms with Crippen molar-refractivity contribution in [1.29, 1.82) is 0 Å². The molecule has 1 aliphatic carbocycles. The maximum absolute atomic E-state index is 12.8. The van der Waals surface area contributed by atoms with E-state index in [0.717, 1.165) is 49.2 Å². The van der Waals surface area contributed by atoms with Crippen LogP contribution in [0.25, 0.3) is 0 Å². The van der Waals surface area contributed by atoms with Gasteiger partial charge in [0.05, 0.1) is 19.2 Å². The van der Waals surface area contributed by atoms with Crippen LogP contribution in [0.5, 0.6) is 0 Å². The molecule has 1 amide bonds. The lowest BCUT2D eigenvalue weighted by Crippen LogP contribution is -2.17. The summed E-state index contributed by atoms with van der Waals surface area (Å²) in [5.41, 5.74) is 4.73. The van der Waals surface area contributed by atoms with Gasteiger partial charge in [0.1, 0.15) is 0 Å². The van der Waals surface area contributed by atoms with Crippen LogP contribution in [0.3, 0.4) is 0 Å². The largest absolute Gasteiger partial charge is 0.466 e. The number of hydrogen-bond acceptors (Lipinski definition) is 5. The molecule has 2 aromatic rings. The predicted molar refractivity (Wildman–Crippen MR) is 126 cm³/mol. The molecule has 6 nitrogen and oxygen atoms in total. The molecular weight excluding hydrogens is 402 g/mol. The van der Waals surface area contributed by atoms with Crippen LogP contribution in [0.2, 0.25) is 0 Å². The van der Waals surface area contributed by atoms with Gasteiger partial charge in [-0.25, -0.2) is 0 Å². The zero-order valence-corrected chi connectivity index (χ0v) is 18.7. The maximum Gasteiger partial charge on any atom is 0.306 e.